The molecule has 22 heavy (non-hydrogen) atoms. The number of fused-ring (bicyclic) bond motifs is 1. The number of carboxylic acid groups (broad SMARTS) is 1. The fraction of sp³-hybridized carbons (Fsp3) is 0.0625. The average Bonchev–Trinajstić information content (AvgIpc) is 2.96. The summed E-state index contributed by atoms with van der Waals surface area (Å²) in [5, 5.41) is 11.8. The molecule has 0 spiro atoms. The van der Waals surface area contributed by atoms with Crippen LogP contribution in [-0.4, -0.2) is 27.0 Å². The lowest BCUT2D eigenvalue weighted by Gasteiger charge is -2.09. The van der Waals surface area contributed by atoms with E-state index in [0.29, 0.717) is 11.3 Å². The van der Waals surface area contributed by atoms with E-state index in [9.17, 15) is 9.59 Å². The topological polar surface area (TPSA) is 95.1 Å². The zero-order chi connectivity index (χ0) is 15.7. The quantitative estimate of drug-likeness (QED) is 0.692. The van der Waals surface area contributed by atoms with Crippen molar-refractivity contribution in [1.82, 2.24) is 9.97 Å². The van der Waals surface area contributed by atoms with E-state index in [1.165, 1.54) is 12.1 Å². The van der Waals surface area contributed by atoms with E-state index in [0.717, 1.165) is 16.6 Å². The number of hydrogen-bond acceptors (Lipinski definition) is 3. The number of rotatable bonds is 3. The van der Waals surface area contributed by atoms with Gasteiger partial charge < -0.3 is 15.4 Å². The van der Waals surface area contributed by atoms with Gasteiger partial charge in [0.1, 0.15) is 0 Å². The number of carbonyl (C=O) groups is 2. The molecule has 0 bridgehead atoms. The number of H-pyrrole nitrogens is 1. The van der Waals surface area contributed by atoms with Gasteiger partial charge >= 0.3 is 5.97 Å². The molecule has 0 fully saturated rings. The first-order chi connectivity index (χ1) is 10.5. The first-order valence-electron chi connectivity index (χ1n) is 6.63. The van der Waals surface area contributed by atoms with E-state index in [2.05, 4.69) is 15.3 Å². The molecule has 6 heteroatoms. The number of amides is 1. The standard InChI is InChI=1S/C16H13N3O3/c1-9-2-3-11(16(21)22)7-13(9)19-15(20)10-4-5-12-14(6-10)18-8-17-12/h2-8H,1H3,(H,17,18)(H,19,20)(H,21,22). The van der Waals surface area contributed by atoms with Crippen molar-refractivity contribution in [3.8, 4) is 0 Å². The average molecular weight is 295 g/mol. The van der Waals surface area contributed by atoms with Crippen LogP contribution in [0.3, 0.4) is 0 Å². The van der Waals surface area contributed by atoms with Gasteiger partial charge in [-0.1, -0.05) is 6.07 Å². The Balaban J connectivity index is 1.90. The lowest BCUT2D eigenvalue weighted by Crippen LogP contribution is -2.13. The second kappa shape index (κ2) is 5.33. The van der Waals surface area contributed by atoms with Crippen LogP contribution in [0.25, 0.3) is 11.0 Å². The van der Waals surface area contributed by atoms with Gasteiger partial charge in [0.2, 0.25) is 0 Å². The highest BCUT2D eigenvalue weighted by atomic mass is 16.4. The molecule has 0 atom stereocenters. The largest absolute Gasteiger partial charge is 0.478 e. The molecule has 0 aliphatic carbocycles. The van der Waals surface area contributed by atoms with Gasteiger partial charge in [-0.15, -0.1) is 0 Å². The van der Waals surface area contributed by atoms with Crippen LogP contribution in [0, 0.1) is 6.92 Å². The third-order valence-corrected chi connectivity index (χ3v) is 3.42. The molecular formula is C16H13N3O3. The Bertz CT molecular complexity index is 883. The number of anilines is 1. The van der Waals surface area contributed by atoms with Crippen LogP contribution in [-0.2, 0) is 0 Å². The summed E-state index contributed by atoms with van der Waals surface area (Å²) in [4.78, 5) is 30.4. The molecule has 1 heterocycles. The molecule has 0 saturated carbocycles. The van der Waals surface area contributed by atoms with Crippen LogP contribution < -0.4 is 5.32 Å². The lowest BCUT2D eigenvalue weighted by atomic mass is 10.1. The minimum Gasteiger partial charge on any atom is -0.478 e. The van der Waals surface area contributed by atoms with Gasteiger partial charge in [-0.25, -0.2) is 9.78 Å². The number of aromatic carboxylic acids is 1. The van der Waals surface area contributed by atoms with Crippen molar-refractivity contribution in [2.75, 3.05) is 5.32 Å². The highest BCUT2D eigenvalue weighted by molar-refractivity contribution is 6.06. The van der Waals surface area contributed by atoms with Crippen LogP contribution in [0.5, 0.6) is 0 Å². The predicted molar refractivity (Wildman–Crippen MR) is 82.2 cm³/mol. The zero-order valence-electron chi connectivity index (χ0n) is 11.8. The van der Waals surface area contributed by atoms with Crippen LogP contribution in [0.15, 0.2) is 42.7 Å². The van der Waals surface area contributed by atoms with Crippen LogP contribution in [0.2, 0.25) is 0 Å². The highest BCUT2D eigenvalue weighted by Crippen LogP contribution is 2.19. The number of carbonyl (C=O) groups excluding carboxylic acids is 1. The summed E-state index contributed by atoms with van der Waals surface area (Å²) in [5.74, 6) is -1.34. The van der Waals surface area contributed by atoms with Crippen molar-refractivity contribution >= 4 is 28.6 Å². The van der Waals surface area contributed by atoms with Crippen LogP contribution >= 0.6 is 0 Å². The van der Waals surface area contributed by atoms with Crippen molar-refractivity contribution in [3.05, 3.63) is 59.4 Å². The Morgan fingerprint density at radius 2 is 1.91 bits per heavy atom. The van der Waals surface area contributed by atoms with Crippen molar-refractivity contribution in [1.29, 1.82) is 0 Å². The number of aromatic nitrogens is 2. The van der Waals surface area contributed by atoms with Crippen molar-refractivity contribution in [2.45, 2.75) is 6.92 Å². The number of imidazole rings is 1. The highest BCUT2D eigenvalue weighted by Gasteiger charge is 2.11. The minimum atomic E-state index is -1.03. The van der Waals surface area contributed by atoms with E-state index >= 15 is 0 Å². The number of nitrogens with zero attached hydrogens (tertiary/aromatic N) is 1. The molecule has 3 N–H and O–H groups in total. The van der Waals surface area contributed by atoms with Gasteiger partial charge in [0.05, 0.1) is 22.9 Å². The minimum absolute atomic E-state index is 0.130. The summed E-state index contributed by atoms with van der Waals surface area (Å²) >= 11 is 0. The molecule has 1 amide bonds. The van der Waals surface area contributed by atoms with Crippen molar-refractivity contribution in [2.24, 2.45) is 0 Å². The van der Waals surface area contributed by atoms with E-state index in [-0.39, 0.29) is 11.5 Å². The summed E-state index contributed by atoms with van der Waals surface area (Å²) < 4.78 is 0. The molecule has 3 aromatic rings. The number of carboxylic acids is 1. The number of aromatic amines is 1. The van der Waals surface area contributed by atoms with E-state index < -0.39 is 5.97 Å². The van der Waals surface area contributed by atoms with E-state index in [1.807, 2.05) is 0 Å². The maximum Gasteiger partial charge on any atom is 0.335 e. The van der Waals surface area contributed by atoms with Gasteiger partial charge in [0.25, 0.3) is 5.91 Å². The molecular weight excluding hydrogens is 282 g/mol. The Labute approximate surface area is 125 Å². The summed E-state index contributed by atoms with van der Waals surface area (Å²) in [6.45, 7) is 1.80. The molecule has 0 radical (unpaired) electrons. The summed E-state index contributed by atoms with van der Waals surface area (Å²) in [7, 11) is 0. The smallest absolute Gasteiger partial charge is 0.335 e. The maximum atomic E-state index is 12.3. The molecule has 0 aliphatic rings. The molecule has 0 saturated heterocycles. The predicted octanol–water partition coefficient (Wildman–Crippen LogP) is 2.82. The van der Waals surface area contributed by atoms with Crippen molar-refractivity contribution in [3.63, 3.8) is 0 Å². The molecule has 6 nitrogen and oxygen atoms in total. The van der Waals surface area contributed by atoms with E-state index in [1.54, 1.807) is 37.5 Å². The summed E-state index contributed by atoms with van der Waals surface area (Å²) in [5.41, 5.74) is 3.42. The fourth-order valence-electron chi connectivity index (χ4n) is 2.16. The summed E-state index contributed by atoms with van der Waals surface area (Å²) in [6.07, 6.45) is 1.56. The SMILES string of the molecule is Cc1ccc(C(=O)O)cc1NC(=O)c1ccc2nc[nH]c2c1. The fourth-order valence-corrected chi connectivity index (χ4v) is 2.16. The first-order valence-corrected chi connectivity index (χ1v) is 6.63. The van der Waals surface area contributed by atoms with Crippen molar-refractivity contribution < 1.29 is 14.7 Å². The lowest BCUT2D eigenvalue weighted by molar-refractivity contribution is 0.0696. The maximum absolute atomic E-state index is 12.3. The summed E-state index contributed by atoms with van der Waals surface area (Å²) in [6, 6.07) is 9.75. The number of aryl methyl sites for hydroxylation is 1. The number of benzene rings is 2. The molecule has 1 aromatic heterocycles. The van der Waals surface area contributed by atoms with Gasteiger partial charge in [0, 0.05) is 11.3 Å². The van der Waals surface area contributed by atoms with Gasteiger partial charge in [-0.2, -0.15) is 0 Å². The first kappa shape index (κ1) is 13.8. The Morgan fingerprint density at radius 3 is 2.68 bits per heavy atom. The molecule has 110 valence electrons. The van der Waals surface area contributed by atoms with Gasteiger partial charge in [0.15, 0.2) is 0 Å². The third-order valence-electron chi connectivity index (χ3n) is 3.42. The normalized spacial score (nSPS) is 10.6. The zero-order valence-corrected chi connectivity index (χ0v) is 11.8. The molecule has 3 rings (SSSR count). The van der Waals surface area contributed by atoms with Gasteiger partial charge in [-0.05, 0) is 42.8 Å². The Morgan fingerprint density at radius 1 is 1.14 bits per heavy atom. The Kier molecular flexibility index (Phi) is 3.34. The Hall–Kier alpha value is -3.15. The second-order valence-corrected chi connectivity index (χ2v) is 4.92. The second-order valence-electron chi connectivity index (χ2n) is 4.92. The van der Waals surface area contributed by atoms with Crippen LogP contribution in [0.4, 0.5) is 5.69 Å². The third kappa shape index (κ3) is 2.54. The molecule has 0 unspecified atom stereocenters. The number of hydrogen-bond donors (Lipinski definition) is 3. The molecule has 0 aliphatic heterocycles. The number of nitrogens with one attached hydrogen (secondary N) is 2. The van der Waals surface area contributed by atoms with Crippen LogP contribution in [0.1, 0.15) is 26.3 Å². The van der Waals surface area contributed by atoms with Gasteiger partial charge in [-0.3, -0.25) is 4.79 Å². The molecule has 2 aromatic carbocycles. The monoisotopic (exact) mass is 295 g/mol. The van der Waals surface area contributed by atoms with E-state index in [4.69, 9.17) is 5.11 Å².